The summed E-state index contributed by atoms with van der Waals surface area (Å²) in [5, 5.41) is 0.883. The van der Waals surface area contributed by atoms with Crippen LogP contribution in [0.1, 0.15) is 25.5 Å². The van der Waals surface area contributed by atoms with Gasteiger partial charge in [-0.3, -0.25) is 9.36 Å². The van der Waals surface area contributed by atoms with Crippen LogP contribution in [0.4, 0.5) is 10.2 Å². The molecule has 2 aromatic carbocycles. The first-order valence-corrected chi connectivity index (χ1v) is 14.5. The number of halogens is 2. The van der Waals surface area contributed by atoms with Crippen molar-refractivity contribution in [1.29, 1.82) is 0 Å². The first kappa shape index (κ1) is 28.6. The van der Waals surface area contributed by atoms with Crippen LogP contribution in [0.2, 0.25) is 5.02 Å². The van der Waals surface area contributed by atoms with Gasteiger partial charge in [0, 0.05) is 53.9 Å². The second-order valence-electron chi connectivity index (χ2n) is 10.3. The number of thioether (sulfide) groups is 1. The molecule has 1 amide bonds. The van der Waals surface area contributed by atoms with Crippen LogP contribution in [0, 0.1) is 12.7 Å². The van der Waals surface area contributed by atoms with Gasteiger partial charge in [0.15, 0.2) is 0 Å². The second-order valence-corrected chi connectivity index (χ2v) is 11.7. The first-order chi connectivity index (χ1) is 19.2. The Kier molecular flexibility index (Phi) is 8.24. The fourth-order valence-electron chi connectivity index (χ4n) is 5.69. The summed E-state index contributed by atoms with van der Waals surface area (Å²) in [6, 6.07) is 6.31. The third-order valence-corrected chi connectivity index (χ3v) is 9.09. The molecular formula is C29H32ClFN4O4S. The van der Waals surface area contributed by atoms with Crippen molar-refractivity contribution in [1.82, 2.24) is 14.5 Å². The van der Waals surface area contributed by atoms with E-state index in [2.05, 4.69) is 16.5 Å². The SMILES string of the molecule is C=CC(=O)N1C[C@H](C)N(c2nc(=O)n3c4c(c(-c5ccc(F)c(Cl)c5)c(C)cc24)SC[C@@H]3COCOC)C[C@H]1C. The number of anilines is 1. The molecule has 5 rings (SSSR count). The third kappa shape index (κ3) is 5.02. The summed E-state index contributed by atoms with van der Waals surface area (Å²) >= 11 is 7.82. The lowest BCUT2D eigenvalue weighted by molar-refractivity contribution is -0.128. The lowest BCUT2D eigenvalue weighted by Gasteiger charge is -2.45. The minimum atomic E-state index is -0.485. The lowest BCUT2D eigenvalue weighted by Crippen LogP contribution is -2.58. The van der Waals surface area contributed by atoms with Crippen molar-refractivity contribution < 1.29 is 18.7 Å². The Labute approximate surface area is 241 Å². The summed E-state index contributed by atoms with van der Waals surface area (Å²) in [4.78, 5) is 35.7. The zero-order valence-electron chi connectivity index (χ0n) is 22.9. The largest absolute Gasteiger partial charge is 0.359 e. The molecule has 0 aliphatic carbocycles. The number of methoxy groups -OCH3 is 1. The molecule has 2 aliphatic heterocycles. The quantitative estimate of drug-likeness (QED) is 0.218. The van der Waals surface area contributed by atoms with Crippen LogP contribution in [0.25, 0.3) is 22.0 Å². The molecule has 0 unspecified atom stereocenters. The summed E-state index contributed by atoms with van der Waals surface area (Å²) in [6.45, 7) is 11.1. The van der Waals surface area contributed by atoms with Gasteiger partial charge in [-0.05, 0) is 56.2 Å². The molecule has 3 aromatic rings. The first-order valence-electron chi connectivity index (χ1n) is 13.1. The van der Waals surface area contributed by atoms with Crippen LogP contribution in [0.15, 0.2) is 46.6 Å². The van der Waals surface area contributed by atoms with E-state index in [0.717, 1.165) is 32.5 Å². The molecule has 11 heteroatoms. The number of aryl methyl sites for hydroxylation is 1. The average Bonchev–Trinajstić information content (AvgIpc) is 2.93. The Hall–Kier alpha value is -2.92. The number of carbonyl (C=O) groups excluding carboxylic acids is 1. The second kappa shape index (κ2) is 11.5. The molecule has 0 saturated carbocycles. The maximum Gasteiger partial charge on any atom is 0.350 e. The normalized spacial score (nSPS) is 20.7. The Morgan fingerprint density at radius 2 is 2.05 bits per heavy atom. The molecule has 1 aromatic heterocycles. The van der Waals surface area contributed by atoms with Gasteiger partial charge < -0.3 is 19.3 Å². The number of hydrogen-bond donors (Lipinski definition) is 0. The number of rotatable bonds is 7. The van der Waals surface area contributed by atoms with Crippen molar-refractivity contribution in [3.05, 3.63) is 63.8 Å². The molecule has 1 fully saturated rings. The molecular weight excluding hydrogens is 555 g/mol. The Bertz CT molecular complexity index is 1550. The summed E-state index contributed by atoms with van der Waals surface area (Å²) in [5.74, 6) is 0.584. The van der Waals surface area contributed by atoms with Crippen molar-refractivity contribution in [2.75, 3.05) is 44.3 Å². The van der Waals surface area contributed by atoms with E-state index in [1.807, 2.05) is 26.8 Å². The van der Waals surface area contributed by atoms with E-state index >= 15 is 0 Å². The highest BCUT2D eigenvalue weighted by Crippen LogP contribution is 2.46. The average molecular weight is 587 g/mol. The number of piperazine rings is 1. The molecule has 1 saturated heterocycles. The van der Waals surface area contributed by atoms with Gasteiger partial charge in [0.1, 0.15) is 18.4 Å². The molecule has 0 spiro atoms. The monoisotopic (exact) mass is 586 g/mol. The van der Waals surface area contributed by atoms with Gasteiger partial charge in [-0.15, -0.1) is 11.8 Å². The Morgan fingerprint density at radius 3 is 2.75 bits per heavy atom. The number of ether oxygens (including phenoxy) is 2. The van der Waals surface area contributed by atoms with E-state index in [1.165, 1.54) is 12.1 Å². The highest BCUT2D eigenvalue weighted by atomic mass is 35.5. The predicted octanol–water partition coefficient (Wildman–Crippen LogP) is 5.04. The number of amides is 1. The number of aromatic nitrogens is 2. The van der Waals surface area contributed by atoms with E-state index in [9.17, 15) is 14.0 Å². The van der Waals surface area contributed by atoms with Crippen LogP contribution in [0.3, 0.4) is 0 Å². The summed E-state index contributed by atoms with van der Waals surface area (Å²) in [5.41, 5.74) is 3.04. The Balaban J connectivity index is 1.72. The maximum atomic E-state index is 14.1. The predicted molar refractivity (Wildman–Crippen MR) is 157 cm³/mol. The zero-order chi connectivity index (χ0) is 28.7. The van der Waals surface area contributed by atoms with E-state index in [0.29, 0.717) is 24.7 Å². The number of nitrogens with zero attached hydrogens (tertiary/aromatic N) is 4. The summed E-state index contributed by atoms with van der Waals surface area (Å²) in [7, 11) is 1.55. The van der Waals surface area contributed by atoms with E-state index in [4.69, 9.17) is 21.1 Å². The van der Waals surface area contributed by atoms with Crippen LogP contribution in [-0.2, 0) is 14.3 Å². The van der Waals surface area contributed by atoms with Crippen molar-refractivity contribution in [3.63, 3.8) is 0 Å². The van der Waals surface area contributed by atoms with E-state index < -0.39 is 5.82 Å². The Morgan fingerprint density at radius 1 is 1.27 bits per heavy atom. The molecule has 0 bridgehead atoms. The van der Waals surface area contributed by atoms with Crippen molar-refractivity contribution in [3.8, 4) is 11.1 Å². The van der Waals surface area contributed by atoms with E-state index in [-0.39, 0.29) is 48.1 Å². The molecule has 40 heavy (non-hydrogen) atoms. The fraction of sp³-hybridized carbons (Fsp3) is 0.414. The minimum absolute atomic E-state index is 0.0402. The topological polar surface area (TPSA) is 76.9 Å². The van der Waals surface area contributed by atoms with Crippen molar-refractivity contribution in [2.24, 2.45) is 0 Å². The standard InChI is InChI=1S/C29H32ClFN4O4S/c1-6-24(36)33-11-18(4)34(12-17(33)3)28-21-9-16(2)25(19-7-8-23(31)22(30)10-19)27-26(21)35(29(37)32-28)20(14-40-27)13-39-15-38-5/h6-10,17-18,20H,1,11-15H2,2-5H3/t17-,18+,20+/m1/s1. The lowest BCUT2D eigenvalue weighted by atomic mass is 9.97. The number of benzene rings is 2. The van der Waals surface area contributed by atoms with Gasteiger partial charge in [-0.25, -0.2) is 9.18 Å². The molecule has 212 valence electrons. The van der Waals surface area contributed by atoms with Crippen LogP contribution >= 0.6 is 23.4 Å². The maximum absolute atomic E-state index is 14.1. The highest BCUT2D eigenvalue weighted by molar-refractivity contribution is 7.99. The van der Waals surface area contributed by atoms with Gasteiger partial charge in [-0.2, -0.15) is 4.98 Å². The van der Waals surface area contributed by atoms with Gasteiger partial charge >= 0.3 is 5.69 Å². The molecule has 3 atom stereocenters. The third-order valence-electron chi connectivity index (χ3n) is 7.56. The fourth-order valence-corrected chi connectivity index (χ4v) is 7.24. The summed E-state index contributed by atoms with van der Waals surface area (Å²) in [6.07, 6.45) is 1.33. The van der Waals surface area contributed by atoms with Crippen LogP contribution in [-0.4, -0.2) is 71.8 Å². The zero-order valence-corrected chi connectivity index (χ0v) is 24.5. The molecule has 2 aliphatic rings. The number of hydrogen-bond acceptors (Lipinski definition) is 7. The molecule has 0 radical (unpaired) electrons. The van der Waals surface area contributed by atoms with Gasteiger partial charge in [0.05, 0.1) is 23.2 Å². The van der Waals surface area contributed by atoms with Crippen molar-refractivity contribution >= 4 is 46.0 Å². The van der Waals surface area contributed by atoms with Gasteiger partial charge in [0.2, 0.25) is 5.91 Å². The highest BCUT2D eigenvalue weighted by Gasteiger charge is 2.35. The van der Waals surface area contributed by atoms with Crippen molar-refractivity contribution in [2.45, 2.75) is 43.8 Å². The summed E-state index contributed by atoms with van der Waals surface area (Å²) < 4.78 is 26.5. The molecule has 8 nitrogen and oxygen atoms in total. The van der Waals surface area contributed by atoms with Gasteiger partial charge in [-0.1, -0.05) is 24.2 Å². The minimum Gasteiger partial charge on any atom is -0.359 e. The van der Waals surface area contributed by atoms with Crippen LogP contribution in [0.5, 0.6) is 0 Å². The number of carbonyl (C=O) groups is 1. The molecule has 0 N–H and O–H groups in total. The van der Waals surface area contributed by atoms with Gasteiger partial charge in [0.25, 0.3) is 0 Å². The van der Waals surface area contributed by atoms with Crippen LogP contribution < -0.4 is 10.6 Å². The smallest absolute Gasteiger partial charge is 0.350 e. The molecule has 3 heterocycles. The van der Waals surface area contributed by atoms with E-state index in [1.54, 1.807) is 40.5 Å².